The van der Waals surface area contributed by atoms with Gasteiger partial charge in [0.15, 0.2) is 23.8 Å². The number of nitrogens with zero attached hydrogens (tertiary/aromatic N) is 1. The van der Waals surface area contributed by atoms with Crippen LogP contribution in [0.25, 0.3) is 6.08 Å². The number of ether oxygens (including phenoxy) is 4. The number of rotatable bonds is 6. The van der Waals surface area contributed by atoms with E-state index >= 15 is 0 Å². The second kappa shape index (κ2) is 8.67. The number of carbonyl (C=O) groups is 2. The molecule has 0 aromatic heterocycles. The molecular formula is C25H28NO6+. The van der Waals surface area contributed by atoms with Crippen LogP contribution >= 0.6 is 0 Å². The first kappa shape index (κ1) is 21.9. The zero-order valence-corrected chi connectivity index (χ0v) is 18.9. The smallest absolute Gasteiger partial charge is 0.361 e. The van der Waals surface area contributed by atoms with Crippen LogP contribution in [0.15, 0.2) is 30.3 Å². The molecule has 7 nitrogen and oxygen atoms in total. The number of hydrogen-bond donors (Lipinski definition) is 0. The van der Waals surface area contributed by atoms with Crippen LogP contribution in [0, 0.1) is 6.92 Å². The van der Waals surface area contributed by atoms with Crippen molar-refractivity contribution in [1.82, 2.24) is 0 Å². The Balaban J connectivity index is 1.76. The van der Waals surface area contributed by atoms with Gasteiger partial charge in [0.2, 0.25) is 12.5 Å². The van der Waals surface area contributed by atoms with Crippen molar-refractivity contribution < 1.29 is 33.0 Å². The molecule has 0 aliphatic carbocycles. The van der Waals surface area contributed by atoms with Gasteiger partial charge in [0.1, 0.15) is 6.54 Å². The predicted octanol–water partition coefficient (Wildman–Crippen LogP) is 3.30. The van der Waals surface area contributed by atoms with Gasteiger partial charge in [0, 0.05) is 6.42 Å². The summed E-state index contributed by atoms with van der Waals surface area (Å²) in [7, 11) is 4.97. The summed E-state index contributed by atoms with van der Waals surface area (Å²) in [6.45, 7) is 3.50. The van der Waals surface area contributed by atoms with E-state index in [1.807, 2.05) is 38.2 Å². The topological polar surface area (TPSA) is 71.1 Å². The molecule has 2 aliphatic rings. The molecule has 7 heteroatoms. The van der Waals surface area contributed by atoms with Crippen molar-refractivity contribution in [2.45, 2.75) is 19.9 Å². The molecule has 4 rings (SSSR count). The molecule has 32 heavy (non-hydrogen) atoms. The largest absolute Gasteiger partial charge is 0.492 e. The van der Waals surface area contributed by atoms with Gasteiger partial charge >= 0.3 is 5.97 Å². The summed E-state index contributed by atoms with van der Waals surface area (Å²) in [5, 5.41) is 0. The normalized spacial score (nSPS) is 19.0. The average Bonchev–Trinajstić information content (AvgIpc) is 3.25. The van der Waals surface area contributed by atoms with Crippen molar-refractivity contribution in [3.8, 4) is 17.2 Å². The molecule has 168 valence electrons. The van der Waals surface area contributed by atoms with Crippen molar-refractivity contribution in [3.63, 3.8) is 0 Å². The SMILES string of the molecule is COC(=O)C[N@+]1(C)CCc2c(c(OC)c3c(c2C(=O)/C=C/c2ccc(C)cc2)OCO3)C1. The van der Waals surface area contributed by atoms with E-state index in [1.54, 1.807) is 19.3 Å². The monoisotopic (exact) mass is 438 g/mol. The van der Waals surface area contributed by atoms with Gasteiger partial charge in [0.25, 0.3) is 0 Å². The van der Waals surface area contributed by atoms with Gasteiger partial charge in [0.05, 0.1) is 38.9 Å². The number of likely N-dealkylation sites (N-methyl/N-ethyl adjacent to an activating group) is 1. The van der Waals surface area contributed by atoms with E-state index in [1.165, 1.54) is 7.11 Å². The number of benzene rings is 2. The highest BCUT2D eigenvalue weighted by molar-refractivity contribution is 6.11. The van der Waals surface area contributed by atoms with E-state index in [0.717, 1.165) is 22.3 Å². The van der Waals surface area contributed by atoms with E-state index in [4.69, 9.17) is 18.9 Å². The van der Waals surface area contributed by atoms with Crippen LogP contribution in [-0.2, 0) is 22.5 Å². The molecule has 2 aliphatic heterocycles. The van der Waals surface area contributed by atoms with E-state index in [2.05, 4.69) is 0 Å². The Morgan fingerprint density at radius 3 is 2.50 bits per heavy atom. The molecule has 0 fully saturated rings. The lowest BCUT2D eigenvalue weighted by molar-refractivity contribution is -0.917. The number of allylic oxidation sites excluding steroid dienone is 1. The molecule has 0 N–H and O–H groups in total. The summed E-state index contributed by atoms with van der Waals surface area (Å²) in [5.41, 5.74) is 4.39. The highest BCUT2D eigenvalue weighted by atomic mass is 16.7. The molecule has 0 bridgehead atoms. The lowest BCUT2D eigenvalue weighted by Crippen LogP contribution is -2.51. The number of hydrogen-bond acceptors (Lipinski definition) is 6. The van der Waals surface area contributed by atoms with E-state index in [9.17, 15) is 9.59 Å². The van der Waals surface area contributed by atoms with Gasteiger partial charge in [-0.05, 0) is 24.1 Å². The molecule has 0 saturated heterocycles. The quantitative estimate of drug-likeness (QED) is 0.298. The van der Waals surface area contributed by atoms with Crippen molar-refractivity contribution in [3.05, 3.63) is 58.2 Å². The number of methoxy groups -OCH3 is 2. The minimum absolute atomic E-state index is 0.0326. The number of ketones is 1. The standard InChI is InChI=1S/C25H28NO6/c1-16-5-7-17(8-6-16)9-10-20(27)22-18-11-12-26(2,14-21(28)29-3)13-19(18)23(30-4)25-24(22)31-15-32-25/h5-10H,11-15H2,1-4H3/q+1/b10-9+/t26-/m1/s1. The maximum atomic E-state index is 13.4. The predicted molar refractivity (Wildman–Crippen MR) is 119 cm³/mol. The zero-order chi connectivity index (χ0) is 22.9. The van der Waals surface area contributed by atoms with Gasteiger partial charge in [-0.2, -0.15) is 0 Å². The van der Waals surface area contributed by atoms with Crippen molar-refractivity contribution >= 4 is 17.8 Å². The lowest BCUT2D eigenvalue weighted by atomic mass is 9.88. The third kappa shape index (κ3) is 4.08. The first-order valence-corrected chi connectivity index (χ1v) is 10.6. The fourth-order valence-electron chi connectivity index (χ4n) is 4.40. The zero-order valence-electron chi connectivity index (χ0n) is 18.9. The molecule has 1 atom stereocenters. The Morgan fingerprint density at radius 1 is 1.09 bits per heavy atom. The van der Waals surface area contributed by atoms with Crippen LogP contribution in [0.2, 0.25) is 0 Å². The number of quaternary nitrogens is 1. The molecule has 2 aromatic rings. The van der Waals surface area contributed by atoms with Gasteiger partial charge in [-0.25, -0.2) is 4.79 Å². The number of aryl methyl sites for hydroxylation is 1. The molecule has 2 aromatic carbocycles. The molecular weight excluding hydrogens is 410 g/mol. The van der Waals surface area contributed by atoms with Crippen LogP contribution in [-0.4, -0.2) is 57.4 Å². The van der Waals surface area contributed by atoms with Crippen molar-refractivity contribution in [2.75, 3.05) is 41.1 Å². The number of esters is 1. The van der Waals surface area contributed by atoms with Gasteiger partial charge in [-0.1, -0.05) is 35.9 Å². The van der Waals surface area contributed by atoms with Crippen molar-refractivity contribution in [2.24, 2.45) is 0 Å². The summed E-state index contributed by atoms with van der Waals surface area (Å²) in [6.07, 6.45) is 3.99. The molecule has 2 heterocycles. The average molecular weight is 439 g/mol. The third-order valence-corrected chi connectivity index (χ3v) is 6.12. The number of fused-ring (bicyclic) bond motifs is 2. The first-order chi connectivity index (χ1) is 15.3. The van der Waals surface area contributed by atoms with Gasteiger partial charge in [-0.15, -0.1) is 0 Å². The summed E-state index contributed by atoms with van der Waals surface area (Å²) in [4.78, 5) is 25.3. The lowest BCUT2D eigenvalue weighted by Gasteiger charge is -2.38. The van der Waals surface area contributed by atoms with E-state index in [0.29, 0.717) is 46.8 Å². The van der Waals surface area contributed by atoms with E-state index < -0.39 is 0 Å². The maximum absolute atomic E-state index is 13.4. The summed E-state index contributed by atoms with van der Waals surface area (Å²) in [6, 6.07) is 7.97. The Morgan fingerprint density at radius 2 is 1.81 bits per heavy atom. The maximum Gasteiger partial charge on any atom is 0.361 e. The minimum Gasteiger partial charge on any atom is -0.492 e. The first-order valence-electron chi connectivity index (χ1n) is 10.6. The second-order valence-corrected chi connectivity index (χ2v) is 8.52. The van der Waals surface area contributed by atoms with Crippen LogP contribution in [0.5, 0.6) is 17.2 Å². The fraction of sp³-hybridized carbons (Fsp3) is 0.360. The van der Waals surface area contributed by atoms with Crippen molar-refractivity contribution in [1.29, 1.82) is 0 Å². The van der Waals surface area contributed by atoms with Crippen LogP contribution in [0.3, 0.4) is 0 Å². The summed E-state index contributed by atoms with van der Waals surface area (Å²) < 4.78 is 22.5. The molecule has 0 saturated carbocycles. The van der Waals surface area contributed by atoms with Crippen LogP contribution in [0.1, 0.15) is 32.6 Å². The summed E-state index contributed by atoms with van der Waals surface area (Å²) in [5.74, 6) is 1.04. The highest BCUT2D eigenvalue weighted by Crippen LogP contribution is 2.50. The summed E-state index contributed by atoms with van der Waals surface area (Å²) >= 11 is 0. The Labute approximate surface area is 187 Å². The molecule has 0 spiro atoms. The minimum atomic E-state index is -0.270. The Hall–Kier alpha value is -3.32. The Bertz CT molecular complexity index is 1090. The Kier molecular flexibility index (Phi) is 5.93. The fourth-order valence-corrected chi connectivity index (χ4v) is 4.40. The number of carbonyl (C=O) groups excluding carboxylic acids is 2. The third-order valence-electron chi connectivity index (χ3n) is 6.12. The highest BCUT2D eigenvalue weighted by Gasteiger charge is 2.40. The molecule has 0 unspecified atom stereocenters. The van der Waals surface area contributed by atoms with Crippen LogP contribution < -0.4 is 14.2 Å². The van der Waals surface area contributed by atoms with Crippen LogP contribution in [0.4, 0.5) is 0 Å². The molecule has 0 radical (unpaired) electrons. The van der Waals surface area contributed by atoms with Gasteiger partial charge in [-0.3, -0.25) is 4.79 Å². The van der Waals surface area contributed by atoms with Gasteiger partial charge < -0.3 is 23.4 Å². The van der Waals surface area contributed by atoms with E-state index in [-0.39, 0.29) is 25.1 Å². The molecule has 0 amide bonds. The second-order valence-electron chi connectivity index (χ2n) is 8.52.